The number of rotatable bonds is 3. The highest BCUT2D eigenvalue weighted by atomic mass is 32.1. The molecule has 0 aliphatic rings. The van der Waals surface area contributed by atoms with Crippen LogP contribution in [0.25, 0.3) is 0 Å². The normalized spacial score (nSPS) is 13.0. The van der Waals surface area contributed by atoms with Gasteiger partial charge in [-0.1, -0.05) is 0 Å². The van der Waals surface area contributed by atoms with E-state index < -0.39 is 6.10 Å². The molecule has 0 aromatic carbocycles. The van der Waals surface area contributed by atoms with Crippen molar-refractivity contribution in [3.63, 3.8) is 0 Å². The predicted octanol–water partition coefficient (Wildman–Crippen LogP) is 2.01. The molecular formula is C9H9NO2S. The van der Waals surface area contributed by atoms with Gasteiger partial charge < -0.3 is 9.52 Å². The van der Waals surface area contributed by atoms with E-state index in [0.717, 1.165) is 10.4 Å². The Morgan fingerprint density at radius 2 is 2.54 bits per heavy atom. The molecule has 2 aromatic heterocycles. The van der Waals surface area contributed by atoms with Crippen molar-refractivity contribution < 1.29 is 9.52 Å². The molecule has 3 nitrogen and oxygen atoms in total. The van der Waals surface area contributed by atoms with E-state index in [2.05, 4.69) is 4.98 Å². The maximum Gasteiger partial charge on any atom is 0.0960 e. The quantitative estimate of drug-likeness (QED) is 0.814. The van der Waals surface area contributed by atoms with Crippen LogP contribution in [0, 0.1) is 0 Å². The first-order valence-electron chi connectivity index (χ1n) is 3.94. The molecule has 2 heterocycles. The molecule has 68 valence electrons. The lowest BCUT2D eigenvalue weighted by Gasteiger charge is -2.04. The summed E-state index contributed by atoms with van der Waals surface area (Å²) in [7, 11) is 0. The topological polar surface area (TPSA) is 46.3 Å². The molecular weight excluding hydrogens is 186 g/mol. The Kier molecular flexibility index (Phi) is 2.42. The molecule has 4 heteroatoms. The number of hydrogen-bond acceptors (Lipinski definition) is 4. The fourth-order valence-corrected chi connectivity index (χ4v) is 1.75. The van der Waals surface area contributed by atoms with Gasteiger partial charge in [0.2, 0.25) is 0 Å². The third-order valence-corrected chi connectivity index (χ3v) is 2.61. The molecule has 0 saturated heterocycles. The average Bonchev–Trinajstić information content (AvgIpc) is 2.74. The average molecular weight is 195 g/mol. The predicted molar refractivity (Wildman–Crippen MR) is 49.5 cm³/mol. The van der Waals surface area contributed by atoms with Gasteiger partial charge >= 0.3 is 0 Å². The molecule has 1 N–H and O–H groups in total. The van der Waals surface area contributed by atoms with Crippen LogP contribution < -0.4 is 0 Å². The van der Waals surface area contributed by atoms with Crippen molar-refractivity contribution in [1.82, 2.24) is 4.98 Å². The first kappa shape index (κ1) is 8.47. The van der Waals surface area contributed by atoms with Crippen molar-refractivity contribution in [2.24, 2.45) is 0 Å². The minimum atomic E-state index is -0.487. The van der Waals surface area contributed by atoms with Crippen molar-refractivity contribution in [3.8, 4) is 0 Å². The van der Waals surface area contributed by atoms with Gasteiger partial charge in [-0.2, -0.15) is 0 Å². The molecule has 0 radical (unpaired) electrons. The summed E-state index contributed by atoms with van der Waals surface area (Å²) < 4.78 is 4.88. The van der Waals surface area contributed by atoms with Gasteiger partial charge in [0.15, 0.2) is 0 Å². The standard InChI is InChI=1S/C9H9NO2S/c11-9(7-1-2-12-5-7)3-8-4-10-6-13-8/h1-2,4-6,9,11H,3H2. The summed E-state index contributed by atoms with van der Waals surface area (Å²) >= 11 is 1.55. The number of furan rings is 1. The number of aromatic nitrogens is 1. The van der Waals surface area contributed by atoms with E-state index >= 15 is 0 Å². The number of aliphatic hydroxyl groups is 1. The highest BCUT2D eigenvalue weighted by molar-refractivity contribution is 7.09. The lowest BCUT2D eigenvalue weighted by atomic mass is 10.1. The van der Waals surface area contributed by atoms with Crippen molar-refractivity contribution in [2.75, 3.05) is 0 Å². The van der Waals surface area contributed by atoms with Crippen LogP contribution in [0.4, 0.5) is 0 Å². The van der Waals surface area contributed by atoms with Gasteiger partial charge in [0.25, 0.3) is 0 Å². The monoisotopic (exact) mass is 195 g/mol. The molecule has 1 unspecified atom stereocenters. The van der Waals surface area contributed by atoms with Gasteiger partial charge in [0.05, 0.1) is 24.1 Å². The molecule has 0 fully saturated rings. The minimum Gasteiger partial charge on any atom is -0.472 e. The second-order valence-electron chi connectivity index (χ2n) is 2.74. The van der Waals surface area contributed by atoms with Gasteiger partial charge in [-0.15, -0.1) is 11.3 Å². The number of thiazole rings is 1. The van der Waals surface area contributed by atoms with Gasteiger partial charge in [0.1, 0.15) is 0 Å². The molecule has 1 atom stereocenters. The van der Waals surface area contributed by atoms with E-state index in [1.807, 2.05) is 0 Å². The lowest BCUT2D eigenvalue weighted by Crippen LogP contribution is -1.98. The molecule has 13 heavy (non-hydrogen) atoms. The molecule has 2 rings (SSSR count). The third-order valence-electron chi connectivity index (χ3n) is 1.81. The van der Waals surface area contributed by atoms with Crippen LogP contribution in [-0.4, -0.2) is 10.1 Å². The molecule has 0 aliphatic carbocycles. The Morgan fingerprint density at radius 3 is 3.15 bits per heavy atom. The van der Waals surface area contributed by atoms with Crippen molar-refractivity contribution in [1.29, 1.82) is 0 Å². The Labute approximate surface area is 79.7 Å². The molecule has 0 aliphatic heterocycles. The van der Waals surface area contributed by atoms with Gasteiger partial charge in [-0.25, -0.2) is 0 Å². The summed E-state index contributed by atoms with van der Waals surface area (Å²) in [5, 5.41) is 9.70. The number of hydrogen-bond donors (Lipinski definition) is 1. The largest absolute Gasteiger partial charge is 0.472 e. The Bertz CT molecular complexity index is 342. The fraction of sp³-hybridized carbons (Fsp3) is 0.222. The van der Waals surface area contributed by atoms with Crippen LogP contribution in [0.1, 0.15) is 16.5 Å². The van der Waals surface area contributed by atoms with E-state index in [1.54, 1.807) is 41.6 Å². The third kappa shape index (κ3) is 1.96. The minimum absolute atomic E-state index is 0.487. The number of nitrogens with zero attached hydrogens (tertiary/aromatic N) is 1. The molecule has 0 saturated carbocycles. The van der Waals surface area contributed by atoms with Gasteiger partial charge in [0, 0.05) is 23.1 Å². The van der Waals surface area contributed by atoms with Crippen molar-refractivity contribution >= 4 is 11.3 Å². The van der Waals surface area contributed by atoms with Crippen LogP contribution in [0.3, 0.4) is 0 Å². The second-order valence-corrected chi connectivity index (χ2v) is 3.72. The summed E-state index contributed by atoms with van der Waals surface area (Å²) in [4.78, 5) is 5.02. The molecule has 0 bridgehead atoms. The lowest BCUT2D eigenvalue weighted by molar-refractivity contribution is 0.178. The van der Waals surface area contributed by atoms with Crippen molar-refractivity contribution in [3.05, 3.63) is 40.7 Å². The van der Waals surface area contributed by atoms with E-state index in [-0.39, 0.29) is 0 Å². The SMILES string of the molecule is OC(Cc1cncs1)c1ccoc1. The van der Waals surface area contributed by atoms with E-state index in [9.17, 15) is 5.11 Å². The van der Waals surface area contributed by atoms with E-state index in [0.29, 0.717) is 6.42 Å². The maximum absolute atomic E-state index is 9.70. The molecule has 0 spiro atoms. The van der Waals surface area contributed by atoms with Gasteiger partial charge in [-0.05, 0) is 6.07 Å². The fourth-order valence-electron chi connectivity index (χ4n) is 1.12. The van der Waals surface area contributed by atoms with Crippen LogP contribution in [0.15, 0.2) is 34.7 Å². The van der Waals surface area contributed by atoms with Crippen LogP contribution >= 0.6 is 11.3 Å². The Morgan fingerprint density at radius 1 is 1.62 bits per heavy atom. The highest BCUT2D eigenvalue weighted by Crippen LogP contribution is 2.20. The van der Waals surface area contributed by atoms with Crippen LogP contribution in [0.5, 0.6) is 0 Å². The highest BCUT2D eigenvalue weighted by Gasteiger charge is 2.10. The summed E-state index contributed by atoms with van der Waals surface area (Å²) in [5.74, 6) is 0. The second kappa shape index (κ2) is 3.72. The van der Waals surface area contributed by atoms with Crippen LogP contribution in [0.2, 0.25) is 0 Å². The Hall–Kier alpha value is -1.13. The zero-order chi connectivity index (χ0) is 9.10. The summed E-state index contributed by atoms with van der Waals surface area (Å²) in [6.07, 6.45) is 5.01. The van der Waals surface area contributed by atoms with Crippen molar-refractivity contribution in [2.45, 2.75) is 12.5 Å². The zero-order valence-corrected chi connectivity index (χ0v) is 7.70. The summed E-state index contributed by atoms with van der Waals surface area (Å²) in [6.45, 7) is 0. The molecule has 2 aromatic rings. The van der Waals surface area contributed by atoms with E-state index in [1.165, 1.54) is 0 Å². The van der Waals surface area contributed by atoms with Crippen LogP contribution in [-0.2, 0) is 6.42 Å². The van der Waals surface area contributed by atoms with Gasteiger partial charge in [-0.3, -0.25) is 4.98 Å². The number of aliphatic hydroxyl groups excluding tert-OH is 1. The smallest absolute Gasteiger partial charge is 0.0960 e. The summed E-state index contributed by atoms with van der Waals surface area (Å²) in [5.41, 5.74) is 2.57. The Balaban J connectivity index is 2.04. The van der Waals surface area contributed by atoms with E-state index in [4.69, 9.17) is 4.42 Å². The maximum atomic E-state index is 9.70. The first-order valence-corrected chi connectivity index (χ1v) is 4.82. The zero-order valence-electron chi connectivity index (χ0n) is 6.88. The first-order chi connectivity index (χ1) is 6.36. The molecule has 0 amide bonds. The summed E-state index contributed by atoms with van der Waals surface area (Å²) in [6, 6.07) is 1.77.